The third-order valence-electron chi connectivity index (χ3n) is 16.0. The van der Waals surface area contributed by atoms with Crippen molar-refractivity contribution in [2.24, 2.45) is 66.9 Å². The number of hydrogen-bond acceptors (Lipinski definition) is 20. The maximum absolute atomic E-state index is 14.5. The van der Waals surface area contributed by atoms with Crippen LogP contribution in [0.5, 0.6) is 0 Å². The zero-order valence-electron chi connectivity index (χ0n) is 59.0. The minimum absolute atomic E-state index is 0.000916. The molecule has 0 bridgehead atoms. The lowest BCUT2D eigenvalue weighted by Crippen LogP contribution is -2.62. The van der Waals surface area contributed by atoms with Crippen LogP contribution in [0.1, 0.15) is 104 Å². The van der Waals surface area contributed by atoms with Gasteiger partial charge in [0.15, 0.2) is 17.9 Å². The number of guanidine groups is 3. The molecule has 0 saturated carbocycles. The number of nitrogens with zero attached hydrogens (tertiary/aromatic N) is 3. The monoisotopic (exact) mass is 1500 g/mol. The summed E-state index contributed by atoms with van der Waals surface area (Å²) in [6.45, 7) is 6.53. The summed E-state index contributed by atoms with van der Waals surface area (Å²) in [6, 6.07) is 2.09. The highest BCUT2D eigenvalue weighted by Gasteiger charge is 2.38. The van der Waals surface area contributed by atoms with Crippen molar-refractivity contribution < 1.29 is 72.2 Å². The van der Waals surface area contributed by atoms with Crippen LogP contribution in [0.15, 0.2) is 75.6 Å². The number of nitrogens with one attached hydrogen (secondary N) is 12. The standard InChI is InChI=1S/C65H104N22O15S2/c1-6-35(3)51(86-56(96)42(22-15-25-74-64(69)70)80-49(90)31-76-48(89)30-77-55(95)44(27-38-17-10-8-11-18-38)82-53(93)37(5)78-54(94)41(66)33-103)61(101)84-46(29-50(91)92)59(99)81-43(23-16-26-75-65(71)72)57(97)87-52(36(4)7-2)62(102)85-47(34-104)60(100)83-45(28-39-19-12-9-13-20-39)58(98)79-40(32-88)21-14-24-73-63(67)68/h8-13,17-20,32,35-37,40-47,51-52,103-104H,6-7,14-16,21-31,33-34,66H2,1-5H3,(H,76,89)(H,77,95)(H,78,94)(H,79,98)(H,80,90)(H,81,99)(H,82,93)(H,83,100)(H,84,101)(H,85,102)(H,86,96)(H,87,97)(H,91,92)(H4,67,68,73)(H4,69,70,74)(H4,71,72,75)/t35-,36-,37+,40-,41-,42-,43-,44-,45-,46-,47-,51-,52-/m0/s1. The van der Waals surface area contributed by atoms with Gasteiger partial charge in [0.05, 0.1) is 31.6 Å². The first kappa shape index (κ1) is 89.8. The molecule has 0 fully saturated rings. The molecule has 576 valence electrons. The van der Waals surface area contributed by atoms with E-state index in [-0.39, 0.29) is 107 Å². The second-order valence-corrected chi connectivity index (χ2v) is 25.2. The number of aliphatic imine (C=N–C) groups is 3. The number of rotatable bonds is 49. The zero-order valence-corrected chi connectivity index (χ0v) is 60.8. The first-order valence-corrected chi connectivity index (χ1v) is 35.0. The number of nitrogens with two attached hydrogens (primary N) is 7. The summed E-state index contributed by atoms with van der Waals surface area (Å²) < 4.78 is 0. The van der Waals surface area contributed by atoms with E-state index in [2.05, 4.69) is 104 Å². The Morgan fingerprint density at radius 2 is 0.837 bits per heavy atom. The van der Waals surface area contributed by atoms with Crippen LogP contribution >= 0.6 is 25.3 Å². The minimum Gasteiger partial charge on any atom is -0.481 e. The number of amides is 12. The van der Waals surface area contributed by atoms with Gasteiger partial charge in [-0.15, -0.1) is 0 Å². The third-order valence-corrected chi connectivity index (χ3v) is 16.8. The molecule has 27 N–H and O–H groups in total. The highest BCUT2D eigenvalue weighted by molar-refractivity contribution is 7.80. The van der Waals surface area contributed by atoms with Gasteiger partial charge in [-0.3, -0.25) is 77.3 Å². The Morgan fingerprint density at radius 3 is 1.28 bits per heavy atom. The maximum Gasteiger partial charge on any atom is 0.305 e. The molecular weight excluding hydrogens is 1390 g/mol. The lowest BCUT2D eigenvalue weighted by Gasteiger charge is -2.30. The molecule has 2 aromatic carbocycles. The van der Waals surface area contributed by atoms with Gasteiger partial charge < -0.3 is 114 Å². The highest BCUT2D eigenvalue weighted by atomic mass is 32.1. The average molecular weight is 1500 g/mol. The van der Waals surface area contributed by atoms with E-state index in [1.165, 1.54) is 6.92 Å². The predicted octanol–water partition coefficient (Wildman–Crippen LogP) is -6.31. The number of aliphatic carboxylic acids is 1. The molecule has 0 radical (unpaired) electrons. The largest absolute Gasteiger partial charge is 0.481 e. The molecule has 0 spiro atoms. The Balaban J connectivity index is 2.40. The van der Waals surface area contributed by atoms with Crippen molar-refractivity contribution in [2.45, 2.75) is 172 Å². The van der Waals surface area contributed by atoms with Gasteiger partial charge in [0.25, 0.3) is 0 Å². The van der Waals surface area contributed by atoms with Crippen molar-refractivity contribution in [3.8, 4) is 0 Å². The molecule has 2 rings (SSSR count). The quantitative estimate of drug-likeness (QED) is 0.00963. The lowest BCUT2D eigenvalue weighted by molar-refractivity contribution is -0.142. The summed E-state index contributed by atoms with van der Waals surface area (Å²) in [4.78, 5) is 202. The van der Waals surface area contributed by atoms with E-state index >= 15 is 0 Å². The van der Waals surface area contributed by atoms with Gasteiger partial charge in [0.1, 0.15) is 60.7 Å². The molecule has 37 nitrogen and oxygen atoms in total. The molecule has 0 heterocycles. The normalized spacial score (nSPS) is 14.6. The third kappa shape index (κ3) is 35.0. The number of thiol groups is 2. The second-order valence-electron chi connectivity index (χ2n) is 24.4. The Labute approximate surface area is 614 Å². The zero-order chi connectivity index (χ0) is 78.0. The van der Waals surface area contributed by atoms with Crippen LogP contribution < -0.4 is 104 Å². The molecule has 12 amide bonds. The first-order valence-electron chi connectivity index (χ1n) is 33.7. The highest BCUT2D eigenvalue weighted by Crippen LogP contribution is 2.15. The molecule has 0 saturated heterocycles. The number of carboxylic acids is 1. The van der Waals surface area contributed by atoms with E-state index in [1.807, 2.05) is 0 Å². The molecule has 39 heteroatoms. The number of carboxylic acid groups (broad SMARTS) is 1. The number of carbonyl (C=O) groups excluding carboxylic acids is 13. The molecule has 0 aliphatic rings. The lowest BCUT2D eigenvalue weighted by atomic mass is 9.96. The van der Waals surface area contributed by atoms with E-state index in [1.54, 1.807) is 88.4 Å². The van der Waals surface area contributed by atoms with Crippen LogP contribution in [0.4, 0.5) is 0 Å². The molecular formula is C65H104N22O15S2. The summed E-state index contributed by atoms with van der Waals surface area (Å²) in [6.07, 6.45) is -0.0321. The summed E-state index contributed by atoms with van der Waals surface area (Å²) in [5, 5.41) is 40.2. The van der Waals surface area contributed by atoms with Gasteiger partial charge in [-0.05, 0) is 68.4 Å². The van der Waals surface area contributed by atoms with Crippen LogP contribution in [0, 0.1) is 11.8 Å². The second kappa shape index (κ2) is 48.6. The Morgan fingerprint density at radius 1 is 0.442 bits per heavy atom. The van der Waals surface area contributed by atoms with Crippen molar-refractivity contribution in [3.05, 3.63) is 71.8 Å². The molecule has 0 aliphatic carbocycles. The molecule has 0 unspecified atom stereocenters. The van der Waals surface area contributed by atoms with Crippen molar-refractivity contribution in [1.82, 2.24) is 63.8 Å². The maximum atomic E-state index is 14.5. The fraction of sp³-hybridized carbons (Fsp3) is 0.554. The van der Waals surface area contributed by atoms with Crippen molar-refractivity contribution in [2.75, 3.05) is 44.2 Å². The van der Waals surface area contributed by atoms with Crippen LogP contribution in [-0.4, -0.2) is 217 Å². The van der Waals surface area contributed by atoms with Crippen molar-refractivity contribution in [3.63, 3.8) is 0 Å². The topological polar surface area (TPSA) is 623 Å². The summed E-state index contributed by atoms with van der Waals surface area (Å²) in [7, 11) is 0. The van der Waals surface area contributed by atoms with Gasteiger partial charge in [-0.2, -0.15) is 25.3 Å². The van der Waals surface area contributed by atoms with Crippen molar-refractivity contribution >= 4 is 126 Å². The SMILES string of the molecule is CC[C@H](C)[C@H](NC(=O)[C@H](CCCN=C(N)N)NC(=O)CNC(=O)CNC(=O)[C@H](Cc1ccccc1)NC(=O)[C@@H](C)NC(=O)[C@@H](N)CS)C(=O)N[C@@H](CC(=O)O)C(=O)N[C@@H](CCCN=C(N)N)C(=O)N[C@H](C(=O)N[C@@H](CS)C(=O)N[C@@H](Cc1ccccc1)C(=O)N[C@H](C=O)CCCN=C(N)N)[C@@H](C)CC. The molecule has 13 atom stereocenters. The Hall–Kier alpha value is -10.3. The molecule has 104 heavy (non-hydrogen) atoms. The predicted molar refractivity (Wildman–Crippen MR) is 394 cm³/mol. The number of benzene rings is 2. The molecule has 2 aromatic rings. The average Bonchev–Trinajstić information content (AvgIpc) is 0.852. The van der Waals surface area contributed by atoms with Gasteiger partial charge in [-0.25, -0.2) is 0 Å². The van der Waals surface area contributed by atoms with E-state index < -0.39 is 175 Å². The minimum atomic E-state index is -1.95. The van der Waals surface area contributed by atoms with E-state index in [0.29, 0.717) is 23.8 Å². The number of aldehydes is 1. The van der Waals surface area contributed by atoms with Gasteiger partial charge in [-0.1, -0.05) is 101 Å². The van der Waals surface area contributed by atoms with Crippen LogP contribution in [0.25, 0.3) is 0 Å². The van der Waals surface area contributed by atoms with E-state index in [9.17, 15) is 72.2 Å². The van der Waals surface area contributed by atoms with Gasteiger partial charge >= 0.3 is 5.97 Å². The van der Waals surface area contributed by atoms with E-state index in [4.69, 9.17) is 40.1 Å². The fourth-order valence-corrected chi connectivity index (χ4v) is 10.2. The van der Waals surface area contributed by atoms with E-state index in [0.717, 1.165) is 0 Å². The smallest absolute Gasteiger partial charge is 0.305 e. The summed E-state index contributed by atoms with van der Waals surface area (Å²) in [5.41, 5.74) is 39.9. The molecule has 0 aliphatic heterocycles. The first-order chi connectivity index (χ1) is 49.3. The van der Waals surface area contributed by atoms with Crippen molar-refractivity contribution in [1.29, 1.82) is 0 Å². The number of carbonyl (C=O) groups is 14. The van der Waals surface area contributed by atoms with Gasteiger partial charge in [0, 0.05) is 44.0 Å². The van der Waals surface area contributed by atoms with Crippen LogP contribution in [0.3, 0.4) is 0 Å². The van der Waals surface area contributed by atoms with Crippen LogP contribution in [0.2, 0.25) is 0 Å². The summed E-state index contributed by atoms with van der Waals surface area (Å²) >= 11 is 8.31. The number of hydrogen-bond donors (Lipinski definition) is 22. The summed E-state index contributed by atoms with van der Waals surface area (Å²) in [5.74, 6) is -14.8. The van der Waals surface area contributed by atoms with Crippen LogP contribution in [-0.2, 0) is 80.0 Å². The Kier molecular flexibility index (Phi) is 41.9. The van der Waals surface area contributed by atoms with Gasteiger partial charge in [0.2, 0.25) is 70.9 Å². The Bertz CT molecular complexity index is 3270. The fourth-order valence-electron chi connectivity index (χ4n) is 9.74. The molecule has 0 aromatic heterocycles.